The van der Waals surface area contributed by atoms with Crippen molar-refractivity contribution in [3.05, 3.63) is 24.3 Å². The largest absolute Gasteiger partial charge is 0.497 e. The maximum atomic E-state index is 9.37. The molecule has 1 aliphatic rings. The monoisotopic (exact) mass is 289 g/mol. The first-order chi connectivity index (χ1) is 9.76. The SMILES string of the molecule is CCCC1CCC(C#N)C(Sc2cccc(OC)c2)C1. The van der Waals surface area contributed by atoms with E-state index in [1.54, 1.807) is 7.11 Å². The van der Waals surface area contributed by atoms with Crippen molar-refractivity contribution < 1.29 is 4.74 Å². The average Bonchev–Trinajstić information content (AvgIpc) is 2.48. The molecule has 0 aromatic heterocycles. The summed E-state index contributed by atoms with van der Waals surface area (Å²) in [7, 11) is 1.69. The van der Waals surface area contributed by atoms with E-state index in [1.165, 1.54) is 30.6 Å². The molecule has 3 heteroatoms. The highest BCUT2D eigenvalue weighted by Crippen LogP contribution is 2.41. The Balaban J connectivity index is 2.05. The van der Waals surface area contributed by atoms with Gasteiger partial charge in [0, 0.05) is 10.1 Å². The molecular weight excluding hydrogens is 266 g/mol. The number of hydrogen-bond acceptors (Lipinski definition) is 3. The lowest BCUT2D eigenvalue weighted by Crippen LogP contribution is -2.26. The number of methoxy groups -OCH3 is 1. The smallest absolute Gasteiger partial charge is 0.119 e. The molecule has 0 bridgehead atoms. The molecule has 0 aliphatic heterocycles. The van der Waals surface area contributed by atoms with Crippen LogP contribution in [0.15, 0.2) is 29.2 Å². The summed E-state index contributed by atoms with van der Waals surface area (Å²) in [6.07, 6.45) is 6.00. The number of rotatable bonds is 5. The predicted octanol–water partition coefficient (Wildman–Crippen LogP) is 4.90. The van der Waals surface area contributed by atoms with Gasteiger partial charge in [-0.3, -0.25) is 0 Å². The van der Waals surface area contributed by atoms with Crippen LogP contribution < -0.4 is 4.74 Å². The first kappa shape index (κ1) is 15.3. The minimum Gasteiger partial charge on any atom is -0.497 e. The average molecular weight is 289 g/mol. The highest BCUT2D eigenvalue weighted by molar-refractivity contribution is 8.00. The minimum absolute atomic E-state index is 0.194. The number of benzene rings is 1. The minimum atomic E-state index is 0.194. The van der Waals surface area contributed by atoms with Crippen molar-refractivity contribution in [1.29, 1.82) is 5.26 Å². The number of thioether (sulfide) groups is 1. The summed E-state index contributed by atoms with van der Waals surface area (Å²) in [5.41, 5.74) is 0. The molecule has 0 saturated heterocycles. The van der Waals surface area contributed by atoms with E-state index in [0.29, 0.717) is 5.25 Å². The quantitative estimate of drug-likeness (QED) is 0.773. The van der Waals surface area contributed by atoms with Gasteiger partial charge in [0.25, 0.3) is 0 Å². The molecule has 3 atom stereocenters. The van der Waals surface area contributed by atoms with Crippen molar-refractivity contribution in [1.82, 2.24) is 0 Å². The summed E-state index contributed by atoms with van der Waals surface area (Å²) < 4.78 is 5.28. The van der Waals surface area contributed by atoms with Gasteiger partial charge in [0.05, 0.1) is 19.1 Å². The Morgan fingerprint density at radius 3 is 2.95 bits per heavy atom. The fourth-order valence-corrected chi connectivity index (χ4v) is 4.43. The van der Waals surface area contributed by atoms with Crippen molar-refractivity contribution in [2.45, 2.75) is 49.2 Å². The van der Waals surface area contributed by atoms with E-state index in [1.807, 2.05) is 23.9 Å². The van der Waals surface area contributed by atoms with Gasteiger partial charge >= 0.3 is 0 Å². The molecule has 2 nitrogen and oxygen atoms in total. The first-order valence-electron chi connectivity index (χ1n) is 7.47. The van der Waals surface area contributed by atoms with Crippen LogP contribution in [0.4, 0.5) is 0 Å². The van der Waals surface area contributed by atoms with E-state index in [2.05, 4.69) is 25.1 Å². The lowest BCUT2D eigenvalue weighted by atomic mass is 9.80. The molecule has 1 aromatic carbocycles. The Hall–Kier alpha value is -1.14. The Morgan fingerprint density at radius 1 is 1.40 bits per heavy atom. The molecule has 1 saturated carbocycles. The fraction of sp³-hybridized carbons (Fsp3) is 0.588. The van der Waals surface area contributed by atoms with Gasteiger partial charge in [-0.2, -0.15) is 5.26 Å². The van der Waals surface area contributed by atoms with E-state index in [-0.39, 0.29) is 5.92 Å². The second-order valence-electron chi connectivity index (χ2n) is 5.54. The van der Waals surface area contributed by atoms with Crippen LogP contribution in [0.3, 0.4) is 0 Å². The molecule has 1 aliphatic carbocycles. The van der Waals surface area contributed by atoms with Gasteiger partial charge in [0.15, 0.2) is 0 Å². The lowest BCUT2D eigenvalue weighted by molar-refractivity contribution is 0.307. The van der Waals surface area contributed by atoms with Crippen LogP contribution >= 0.6 is 11.8 Å². The fourth-order valence-electron chi connectivity index (χ4n) is 3.01. The molecule has 108 valence electrons. The van der Waals surface area contributed by atoms with Crippen LogP contribution in [0.5, 0.6) is 5.75 Å². The Labute approximate surface area is 126 Å². The third-order valence-corrected chi connectivity index (χ3v) is 5.44. The molecule has 0 N–H and O–H groups in total. The van der Waals surface area contributed by atoms with Crippen molar-refractivity contribution >= 4 is 11.8 Å². The van der Waals surface area contributed by atoms with Crippen LogP contribution in [0.25, 0.3) is 0 Å². The van der Waals surface area contributed by atoms with Crippen LogP contribution in [0.1, 0.15) is 39.0 Å². The van der Waals surface area contributed by atoms with Gasteiger partial charge in [-0.05, 0) is 43.4 Å². The predicted molar refractivity (Wildman–Crippen MR) is 84.0 cm³/mol. The zero-order valence-electron chi connectivity index (χ0n) is 12.3. The van der Waals surface area contributed by atoms with E-state index >= 15 is 0 Å². The standard InChI is InChI=1S/C17H23NOS/c1-3-5-13-8-9-14(12-18)17(10-13)20-16-7-4-6-15(11-16)19-2/h4,6-7,11,13-14,17H,3,5,8-10H2,1-2H3. The maximum Gasteiger partial charge on any atom is 0.119 e. The summed E-state index contributed by atoms with van der Waals surface area (Å²) in [5.74, 6) is 1.89. The molecule has 0 spiro atoms. The van der Waals surface area contributed by atoms with Crippen LogP contribution in [0.2, 0.25) is 0 Å². The van der Waals surface area contributed by atoms with Gasteiger partial charge in [0.1, 0.15) is 5.75 Å². The maximum absolute atomic E-state index is 9.37. The highest BCUT2D eigenvalue weighted by atomic mass is 32.2. The third kappa shape index (κ3) is 3.93. The number of hydrogen-bond donors (Lipinski definition) is 0. The molecule has 0 amide bonds. The molecule has 20 heavy (non-hydrogen) atoms. The molecular formula is C17H23NOS. The number of ether oxygens (including phenoxy) is 1. The topological polar surface area (TPSA) is 33.0 Å². The first-order valence-corrected chi connectivity index (χ1v) is 8.35. The second kappa shape index (κ2) is 7.59. The molecule has 0 heterocycles. The van der Waals surface area contributed by atoms with Crippen molar-refractivity contribution in [3.63, 3.8) is 0 Å². The molecule has 3 unspecified atom stereocenters. The third-order valence-electron chi connectivity index (χ3n) is 4.09. The van der Waals surface area contributed by atoms with E-state index in [4.69, 9.17) is 4.74 Å². The van der Waals surface area contributed by atoms with Crippen LogP contribution in [-0.4, -0.2) is 12.4 Å². The summed E-state index contributed by atoms with van der Waals surface area (Å²) in [6, 6.07) is 10.7. The normalized spacial score (nSPS) is 25.9. The summed E-state index contributed by atoms with van der Waals surface area (Å²) in [5, 5.41) is 9.80. The molecule has 1 aromatic rings. The zero-order chi connectivity index (χ0) is 14.4. The Bertz CT molecular complexity index is 468. The zero-order valence-corrected chi connectivity index (χ0v) is 13.2. The van der Waals surface area contributed by atoms with E-state index in [9.17, 15) is 5.26 Å². The van der Waals surface area contributed by atoms with Crippen molar-refractivity contribution in [2.24, 2.45) is 11.8 Å². The van der Waals surface area contributed by atoms with Gasteiger partial charge in [-0.25, -0.2) is 0 Å². The summed E-state index contributed by atoms with van der Waals surface area (Å²) >= 11 is 1.85. The molecule has 2 rings (SSSR count). The summed E-state index contributed by atoms with van der Waals surface area (Å²) in [4.78, 5) is 1.21. The van der Waals surface area contributed by atoms with Gasteiger partial charge in [0.2, 0.25) is 0 Å². The molecule has 1 fully saturated rings. The Kier molecular flexibility index (Phi) is 5.79. The van der Waals surface area contributed by atoms with E-state index < -0.39 is 0 Å². The second-order valence-corrected chi connectivity index (χ2v) is 6.85. The lowest BCUT2D eigenvalue weighted by Gasteiger charge is -2.32. The van der Waals surface area contributed by atoms with Gasteiger partial charge in [-0.1, -0.05) is 25.8 Å². The van der Waals surface area contributed by atoms with Crippen molar-refractivity contribution in [3.8, 4) is 11.8 Å². The number of nitriles is 1. The number of nitrogens with zero attached hydrogens (tertiary/aromatic N) is 1. The van der Waals surface area contributed by atoms with Crippen LogP contribution in [0, 0.1) is 23.2 Å². The van der Waals surface area contributed by atoms with E-state index in [0.717, 1.165) is 18.1 Å². The van der Waals surface area contributed by atoms with Crippen LogP contribution in [-0.2, 0) is 0 Å². The Morgan fingerprint density at radius 2 is 2.25 bits per heavy atom. The highest BCUT2D eigenvalue weighted by Gasteiger charge is 2.30. The summed E-state index contributed by atoms with van der Waals surface area (Å²) in [6.45, 7) is 2.25. The van der Waals surface area contributed by atoms with Crippen molar-refractivity contribution in [2.75, 3.05) is 7.11 Å². The van der Waals surface area contributed by atoms with Gasteiger partial charge < -0.3 is 4.74 Å². The molecule has 0 radical (unpaired) electrons. The van der Waals surface area contributed by atoms with Gasteiger partial charge in [-0.15, -0.1) is 11.8 Å².